The highest BCUT2D eigenvalue weighted by atomic mass is 28.3. The summed E-state index contributed by atoms with van der Waals surface area (Å²) < 4.78 is 0. The predicted octanol–water partition coefficient (Wildman–Crippen LogP) is 1.80. The summed E-state index contributed by atoms with van der Waals surface area (Å²) in [6, 6.07) is 0. The van der Waals surface area contributed by atoms with E-state index in [4.69, 9.17) is 0 Å². The Bertz CT molecular complexity index is 439. The van der Waals surface area contributed by atoms with Crippen molar-refractivity contribution in [3.63, 3.8) is 0 Å². The number of rotatable bonds is 2. The molecular formula is C13H19NOSi. The molecule has 5 saturated carbocycles. The smallest absolute Gasteiger partial charge is 0.229 e. The molecule has 1 amide bonds. The first kappa shape index (κ1) is 8.73. The van der Waals surface area contributed by atoms with Crippen molar-refractivity contribution in [1.29, 1.82) is 0 Å². The van der Waals surface area contributed by atoms with Crippen molar-refractivity contribution in [2.45, 2.75) is 31.1 Å². The van der Waals surface area contributed by atoms with Gasteiger partial charge in [0.1, 0.15) is 0 Å². The topological polar surface area (TPSA) is 20.1 Å². The van der Waals surface area contributed by atoms with E-state index in [-0.39, 0.29) is 5.41 Å². The van der Waals surface area contributed by atoms with Crippen LogP contribution >= 0.6 is 0 Å². The summed E-state index contributed by atoms with van der Waals surface area (Å²) in [5.41, 5.74) is 0.226. The summed E-state index contributed by atoms with van der Waals surface area (Å²) in [6.45, 7) is 9.63. The minimum absolute atomic E-state index is 0.226. The molecular weight excluding hydrogens is 214 g/mol. The first-order chi connectivity index (χ1) is 7.49. The minimum Gasteiger partial charge on any atom is -0.339 e. The van der Waals surface area contributed by atoms with Gasteiger partial charge in [-0.05, 0) is 35.1 Å². The van der Waals surface area contributed by atoms with Crippen molar-refractivity contribution in [3.05, 3.63) is 0 Å². The van der Waals surface area contributed by atoms with Crippen LogP contribution in [0.3, 0.4) is 0 Å². The molecule has 6 unspecified atom stereocenters. The molecule has 0 N–H and O–H groups in total. The summed E-state index contributed by atoms with van der Waals surface area (Å²) >= 11 is 0. The van der Waals surface area contributed by atoms with Crippen LogP contribution in [0.15, 0.2) is 0 Å². The van der Waals surface area contributed by atoms with Crippen molar-refractivity contribution >= 4 is 14.0 Å². The van der Waals surface area contributed by atoms with Gasteiger partial charge >= 0.3 is 0 Å². The van der Waals surface area contributed by atoms with Crippen LogP contribution in [-0.2, 0) is 4.79 Å². The third-order valence-corrected chi connectivity index (χ3v) is 10.4. The highest BCUT2D eigenvalue weighted by Crippen LogP contribution is 3.10. The van der Waals surface area contributed by atoms with Crippen LogP contribution in [0.25, 0.3) is 0 Å². The lowest BCUT2D eigenvalue weighted by Gasteiger charge is -2.44. The van der Waals surface area contributed by atoms with Gasteiger partial charge in [0.2, 0.25) is 5.91 Å². The number of hydrogen-bond donors (Lipinski definition) is 0. The highest BCUT2D eigenvalue weighted by molar-refractivity contribution is 6.81. The summed E-state index contributed by atoms with van der Waals surface area (Å²) in [5, 5.41) is 0.578. The molecule has 6 fully saturated rings. The Kier molecular flexibility index (Phi) is 1.00. The molecule has 1 saturated heterocycles. The molecule has 86 valence electrons. The SMILES string of the molecule is C[Si](C)(C)C12C3CC4C(C31)C42C(=O)N1CC1. The maximum Gasteiger partial charge on any atom is 0.229 e. The predicted molar refractivity (Wildman–Crippen MR) is 63.6 cm³/mol. The van der Waals surface area contributed by atoms with Gasteiger partial charge in [0.15, 0.2) is 0 Å². The zero-order chi connectivity index (χ0) is 11.1. The Balaban J connectivity index is 1.65. The molecule has 6 rings (SSSR count). The second-order valence-electron chi connectivity index (χ2n) is 7.78. The fourth-order valence-electron chi connectivity index (χ4n) is 6.72. The van der Waals surface area contributed by atoms with Crippen LogP contribution in [0.2, 0.25) is 24.7 Å². The zero-order valence-corrected chi connectivity index (χ0v) is 11.3. The van der Waals surface area contributed by atoms with E-state index in [0.29, 0.717) is 10.9 Å². The quantitative estimate of drug-likeness (QED) is 0.526. The molecule has 1 heterocycles. The van der Waals surface area contributed by atoms with Crippen LogP contribution in [0.5, 0.6) is 0 Å². The first-order valence-electron chi connectivity index (χ1n) is 6.78. The molecule has 2 nitrogen and oxygen atoms in total. The normalized spacial score (nSPS) is 62.6. The van der Waals surface area contributed by atoms with Crippen molar-refractivity contribution in [3.8, 4) is 0 Å². The second-order valence-corrected chi connectivity index (χ2v) is 13.1. The van der Waals surface area contributed by atoms with Gasteiger partial charge in [-0.25, -0.2) is 0 Å². The largest absolute Gasteiger partial charge is 0.339 e. The van der Waals surface area contributed by atoms with Crippen molar-refractivity contribution in [2.75, 3.05) is 13.1 Å². The summed E-state index contributed by atoms with van der Waals surface area (Å²) in [5.74, 6) is 4.27. The second kappa shape index (κ2) is 1.84. The van der Waals surface area contributed by atoms with Crippen LogP contribution in [0.4, 0.5) is 0 Å². The van der Waals surface area contributed by atoms with Crippen LogP contribution in [-0.4, -0.2) is 32.0 Å². The van der Waals surface area contributed by atoms with E-state index >= 15 is 0 Å². The fraction of sp³-hybridized carbons (Fsp3) is 0.923. The summed E-state index contributed by atoms with van der Waals surface area (Å²) in [6.07, 6.45) is 1.42. The third kappa shape index (κ3) is 0.495. The number of carbonyl (C=O) groups is 1. The van der Waals surface area contributed by atoms with Gasteiger partial charge in [-0.2, -0.15) is 0 Å². The molecule has 0 radical (unpaired) electrons. The minimum atomic E-state index is -1.17. The van der Waals surface area contributed by atoms with E-state index < -0.39 is 8.07 Å². The van der Waals surface area contributed by atoms with Gasteiger partial charge in [0.25, 0.3) is 0 Å². The van der Waals surface area contributed by atoms with Gasteiger partial charge in [0.05, 0.1) is 13.5 Å². The molecule has 3 heteroatoms. The lowest BCUT2D eigenvalue weighted by Crippen LogP contribution is -2.49. The maximum atomic E-state index is 12.6. The summed E-state index contributed by atoms with van der Waals surface area (Å²) in [7, 11) is -1.17. The van der Waals surface area contributed by atoms with Crippen molar-refractivity contribution in [2.24, 2.45) is 29.1 Å². The van der Waals surface area contributed by atoms with Crippen molar-refractivity contribution in [1.82, 2.24) is 4.90 Å². The fourth-order valence-corrected chi connectivity index (χ4v) is 11.1. The Hall–Kier alpha value is -0.313. The van der Waals surface area contributed by atoms with Crippen LogP contribution < -0.4 is 0 Å². The van der Waals surface area contributed by atoms with Crippen molar-refractivity contribution < 1.29 is 4.79 Å². The van der Waals surface area contributed by atoms with E-state index in [0.717, 1.165) is 36.8 Å². The Labute approximate surface area is 97.4 Å². The number of carbonyl (C=O) groups excluding carboxylic acids is 1. The van der Waals surface area contributed by atoms with E-state index in [1.807, 2.05) is 0 Å². The van der Waals surface area contributed by atoms with Gasteiger partial charge in [-0.3, -0.25) is 4.79 Å². The first-order valence-corrected chi connectivity index (χ1v) is 10.3. The number of nitrogens with zero attached hydrogens (tertiary/aromatic N) is 1. The monoisotopic (exact) mass is 233 g/mol. The molecule has 5 aliphatic carbocycles. The Morgan fingerprint density at radius 2 is 1.88 bits per heavy atom. The van der Waals surface area contributed by atoms with E-state index in [1.165, 1.54) is 6.42 Å². The zero-order valence-electron chi connectivity index (χ0n) is 10.3. The molecule has 0 aromatic rings. The average Bonchev–Trinajstić information content (AvgIpc) is 3.05. The molecule has 6 atom stereocenters. The van der Waals surface area contributed by atoms with Crippen LogP contribution in [0.1, 0.15) is 6.42 Å². The summed E-state index contributed by atoms with van der Waals surface area (Å²) in [4.78, 5) is 14.7. The average molecular weight is 233 g/mol. The lowest BCUT2D eigenvalue weighted by molar-refractivity contribution is -0.134. The highest BCUT2D eigenvalue weighted by Gasteiger charge is 3.08. The Morgan fingerprint density at radius 3 is 2.31 bits per heavy atom. The molecule has 0 spiro atoms. The molecule has 1 aliphatic heterocycles. The number of hydrogen-bond acceptors (Lipinski definition) is 1. The molecule has 0 aromatic carbocycles. The van der Waals surface area contributed by atoms with Gasteiger partial charge in [-0.1, -0.05) is 19.6 Å². The molecule has 0 aromatic heterocycles. The van der Waals surface area contributed by atoms with E-state index in [1.54, 1.807) is 0 Å². The van der Waals surface area contributed by atoms with Crippen LogP contribution in [0, 0.1) is 29.1 Å². The maximum absolute atomic E-state index is 12.6. The van der Waals surface area contributed by atoms with E-state index in [9.17, 15) is 4.79 Å². The van der Waals surface area contributed by atoms with Gasteiger partial charge in [-0.15, -0.1) is 0 Å². The van der Waals surface area contributed by atoms with Gasteiger partial charge in [0, 0.05) is 13.1 Å². The van der Waals surface area contributed by atoms with E-state index in [2.05, 4.69) is 24.5 Å². The molecule has 16 heavy (non-hydrogen) atoms. The van der Waals surface area contributed by atoms with Gasteiger partial charge < -0.3 is 4.90 Å². The standard InChI is InChI=1S/C13H19NOSi/c1-16(2,3)13-8-6-7-9(10(8)13)12(7,13)11(15)14-4-5-14/h7-10H,4-6H2,1-3H3. The molecule has 2 bridgehead atoms. The Morgan fingerprint density at radius 1 is 1.19 bits per heavy atom. The third-order valence-electron chi connectivity index (χ3n) is 6.78. The molecule has 6 aliphatic rings. The lowest BCUT2D eigenvalue weighted by atomic mass is 9.82. The number of amides is 1.